The van der Waals surface area contributed by atoms with Crippen molar-refractivity contribution >= 4 is 27.3 Å². The van der Waals surface area contributed by atoms with Gasteiger partial charge in [-0.25, -0.2) is 8.42 Å². The number of rotatable bonds is 3. The molecular weight excluding hydrogens is 316 g/mol. The summed E-state index contributed by atoms with van der Waals surface area (Å²) < 4.78 is 27.7. The number of aryl methyl sites for hydroxylation is 2. The Bertz CT molecular complexity index is 893. The summed E-state index contributed by atoms with van der Waals surface area (Å²) in [5.74, 6) is -0.103. The van der Waals surface area contributed by atoms with Crippen LogP contribution in [0.5, 0.6) is 0 Å². The summed E-state index contributed by atoms with van der Waals surface area (Å²) in [6, 6.07) is 5.02. The van der Waals surface area contributed by atoms with Crippen LogP contribution < -0.4 is 10.0 Å². The third kappa shape index (κ3) is 2.39. The van der Waals surface area contributed by atoms with Crippen LogP contribution in [0.4, 0.5) is 11.4 Å². The second-order valence-electron chi connectivity index (χ2n) is 6.21. The maximum atomic E-state index is 12.6. The molecule has 0 atom stereocenters. The topological polar surface area (TPSA) is 104 Å². The molecule has 3 N–H and O–H groups in total. The van der Waals surface area contributed by atoms with Gasteiger partial charge in [-0.3, -0.25) is 14.6 Å². The van der Waals surface area contributed by atoms with E-state index in [1.807, 2.05) is 0 Å². The molecule has 7 nitrogen and oxygen atoms in total. The maximum absolute atomic E-state index is 12.6. The van der Waals surface area contributed by atoms with E-state index in [-0.39, 0.29) is 10.8 Å². The fourth-order valence-electron chi connectivity index (χ4n) is 2.78. The molecule has 8 heteroatoms. The lowest BCUT2D eigenvalue weighted by molar-refractivity contribution is -0.119. The predicted molar refractivity (Wildman–Crippen MR) is 87.0 cm³/mol. The molecule has 3 rings (SSSR count). The van der Waals surface area contributed by atoms with E-state index in [0.717, 1.165) is 5.56 Å². The Morgan fingerprint density at radius 3 is 2.52 bits per heavy atom. The third-order valence-electron chi connectivity index (χ3n) is 4.09. The van der Waals surface area contributed by atoms with Gasteiger partial charge in [0.15, 0.2) is 0 Å². The monoisotopic (exact) mass is 334 g/mol. The number of fused-ring (bicyclic) bond motifs is 1. The number of benzene rings is 1. The number of nitrogens with zero attached hydrogens (tertiary/aromatic N) is 1. The number of hydrogen-bond donors (Lipinski definition) is 3. The maximum Gasteiger partial charge on any atom is 0.265 e. The molecule has 0 saturated heterocycles. The quantitative estimate of drug-likeness (QED) is 0.799. The van der Waals surface area contributed by atoms with Gasteiger partial charge in [0.1, 0.15) is 4.90 Å². The van der Waals surface area contributed by atoms with Crippen LogP contribution in [0.15, 0.2) is 23.1 Å². The third-order valence-corrected chi connectivity index (χ3v) is 5.73. The lowest BCUT2D eigenvalue weighted by Gasteiger charge is -2.16. The van der Waals surface area contributed by atoms with Gasteiger partial charge in [0.05, 0.1) is 16.8 Å². The Morgan fingerprint density at radius 1 is 1.22 bits per heavy atom. The fraction of sp³-hybridized carbons (Fsp3) is 0.333. The summed E-state index contributed by atoms with van der Waals surface area (Å²) in [6.45, 7) is 6.89. The summed E-state index contributed by atoms with van der Waals surface area (Å²) in [4.78, 5) is 12.1. The normalized spacial score (nSPS) is 16.1. The number of amides is 1. The molecule has 1 aromatic heterocycles. The van der Waals surface area contributed by atoms with Gasteiger partial charge in [-0.15, -0.1) is 0 Å². The molecule has 122 valence electrons. The zero-order valence-electron chi connectivity index (χ0n) is 13.3. The molecule has 0 aliphatic carbocycles. The first kappa shape index (κ1) is 15.5. The van der Waals surface area contributed by atoms with Crippen LogP contribution in [-0.2, 0) is 20.2 Å². The van der Waals surface area contributed by atoms with Crippen LogP contribution in [0.2, 0.25) is 0 Å². The van der Waals surface area contributed by atoms with E-state index in [4.69, 9.17) is 0 Å². The van der Waals surface area contributed by atoms with Crippen molar-refractivity contribution in [3.63, 3.8) is 0 Å². The van der Waals surface area contributed by atoms with Crippen LogP contribution in [0, 0.1) is 13.8 Å². The number of hydrogen-bond acceptors (Lipinski definition) is 4. The minimum absolute atomic E-state index is 0.103. The zero-order valence-corrected chi connectivity index (χ0v) is 14.1. The summed E-state index contributed by atoms with van der Waals surface area (Å²) >= 11 is 0. The highest BCUT2D eigenvalue weighted by Gasteiger charge is 2.38. The Kier molecular flexibility index (Phi) is 3.26. The van der Waals surface area contributed by atoms with E-state index in [0.29, 0.717) is 22.8 Å². The lowest BCUT2D eigenvalue weighted by atomic mass is 9.86. The van der Waals surface area contributed by atoms with Gasteiger partial charge in [0.2, 0.25) is 5.91 Å². The number of carbonyl (C=O) groups excluding carboxylic acids is 1. The van der Waals surface area contributed by atoms with E-state index in [2.05, 4.69) is 20.2 Å². The minimum Gasteiger partial charge on any atom is -0.325 e. The Hall–Kier alpha value is -2.35. The molecule has 1 aliphatic heterocycles. The molecule has 0 spiro atoms. The number of carbonyl (C=O) groups is 1. The average molecular weight is 334 g/mol. The summed E-state index contributed by atoms with van der Waals surface area (Å²) in [6.07, 6.45) is 0. The summed E-state index contributed by atoms with van der Waals surface area (Å²) in [5, 5.41) is 9.37. The van der Waals surface area contributed by atoms with E-state index >= 15 is 0 Å². The van der Waals surface area contributed by atoms with Gasteiger partial charge < -0.3 is 5.32 Å². The van der Waals surface area contributed by atoms with Crippen LogP contribution in [-0.4, -0.2) is 24.5 Å². The van der Waals surface area contributed by atoms with Crippen molar-refractivity contribution in [2.75, 3.05) is 10.0 Å². The number of H-pyrrole nitrogens is 1. The molecule has 1 amide bonds. The number of aromatic nitrogens is 2. The summed E-state index contributed by atoms with van der Waals surface area (Å²) in [7, 11) is -3.75. The molecule has 1 aromatic carbocycles. The summed E-state index contributed by atoms with van der Waals surface area (Å²) in [5.41, 5.74) is 2.08. The highest BCUT2D eigenvalue weighted by Crippen LogP contribution is 2.39. The highest BCUT2D eigenvalue weighted by atomic mass is 32.2. The Morgan fingerprint density at radius 2 is 1.91 bits per heavy atom. The van der Waals surface area contributed by atoms with Gasteiger partial charge in [-0.1, -0.05) is 0 Å². The minimum atomic E-state index is -3.75. The molecular formula is C15H18N4O3S. The molecule has 2 heterocycles. The van der Waals surface area contributed by atoms with Crippen molar-refractivity contribution < 1.29 is 13.2 Å². The SMILES string of the molecule is Cc1n[nH]c(C)c1S(=O)(=O)Nc1ccc2c(c1)C(C)(C)C(=O)N2. The number of anilines is 2. The standard InChI is InChI=1S/C15H18N4O3S/c1-8-13(9(2)18-17-8)23(21,22)19-10-5-6-12-11(7-10)15(3,4)14(20)16-12/h5-7,19H,1-4H3,(H,16,20)(H,17,18). The number of nitrogens with one attached hydrogen (secondary N) is 3. The van der Waals surface area contributed by atoms with Gasteiger partial charge in [0, 0.05) is 11.4 Å². The first-order valence-electron chi connectivity index (χ1n) is 7.13. The molecule has 23 heavy (non-hydrogen) atoms. The van der Waals surface area contributed by atoms with Gasteiger partial charge >= 0.3 is 0 Å². The van der Waals surface area contributed by atoms with Crippen molar-refractivity contribution in [1.82, 2.24) is 10.2 Å². The van der Waals surface area contributed by atoms with Crippen molar-refractivity contribution in [3.8, 4) is 0 Å². The van der Waals surface area contributed by atoms with E-state index in [1.165, 1.54) is 0 Å². The largest absolute Gasteiger partial charge is 0.325 e. The average Bonchev–Trinajstić information content (AvgIpc) is 2.89. The molecule has 0 bridgehead atoms. The first-order valence-corrected chi connectivity index (χ1v) is 8.61. The van der Waals surface area contributed by atoms with Gasteiger partial charge in [-0.2, -0.15) is 5.10 Å². The van der Waals surface area contributed by atoms with Gasteiger partial charge in [0.25, 0.3) is 10.0 Å². The molecule has 0 fully saturated rings. The predicted octanol–water partition coefficient (Wildman–Crippen LogP) is 2.06. The Balaban J connectivity index is 2.00. The molecule has 0 radical (unpaired) electrons. The Labute approximate surface area is 134 Å². The van der Waals surface area contributed by atoms with Crippen molar-refractivity contribution in [2.45, 2.75) is 38.0 Å². The number of aromatic amines is 1. The van der Waals surface area contributed by atoms with E-state index in [9.17, 15) is 13.2 Å². The second kappa shape index (κ2) is 4.82. The van der Waals surface area contributed by atoms with Crippen LogP contribution >= 0.6 is 0 Å². The van der Waals surface area contributed by atoms with Crippen molar-refractivity contribution in [3.05, 3.63) is 35.2 Å². The first-order chi connectivity index (χ1) is 10.6. The number of sulfonamides is 1. The molecule has 2 aromatic rings. The molecule has 0 saturated carbocycles. The highest BCUT2D eigenvalue weighted by molar-refractivity contribution is 7.92. The second-order valence-corrected chi connectivity index (χ2v) is 7.83. The smallest absolute Gasteiger partial charge is 0.265 e. The van der Waals surface area contributed by atoms with Crippen molar-refractivity contribution in [1.29, 1.82) is 0 Å². The van der Waals surface area contributed by atoms with E-state index in [1.54, 1.807) is 45.9 Å². The lowest BCUT2D eigenvalue weighted by Crippen LogP contribution is -2.27. The van der Waals surface area contributed by atoms with Crippen LogP contribution in [0.25, 0.3) is 0 Å². The van der Waals surface area contributed by atoms with Crippen LogP contribution in [0.1, 0.15) is 30.8 Å². The van der Waals surface area contributed by atoms with Gasteiger partial charge in [-0.05, 0) is 51.5 Å². The van der Waals surface area contributed by atoms with E-state index < -0.39 is 15.4 Å². The van der Waals surface area contributed by atoms with Crippen LogP contribution in [0.3, 0.4) is 0 Å². The zero-order chi connectivity index (χ0) is 17.0. The molecule has 0 unspecified atom stereocenters. The van der Waals surface area contributed by atoms with Crippen molar-refractivity contribution in [2.24, 2.45) is 0 Å². The fourth-order valence-corrected chi connectivity index (χ4v) is 4.20. The molecule has 1 aliphatic rings.